The van der Waals surface area contributed by atoms with Crippen LogP contribution in [0.4, 0.5) is 0 Å². The van der Waals surface area contributed by atoms with Crippen LogP contribution in [0.5, 0.6) is 0 Å². The third-order valence-corrected chi connectivity index (χ3v) is 3.45. The molecule has 0 spiro atoms. The van der Waals surface area contributed by atoms with Crippen LogP contribution in [0.1, 0.15) is 17.5 Å². The molecule has 120 valence electrons. The molecule has 0 bridgehead atoms. The minimum absolute atomic E-state index is 0.0632. The number of rotatable bonds is 4. The van der Waals surface area contributed by atoms with E-state index in [9.17, 15) is 14.4 Å². The first-order valence-corrected chi connectivity index (χ1v) is 7.42. The molecule has 6 nitrogen and oxygen atoms in total. The van der Waals surface area contributed by atoms with Crippen molar-refractivity contribution in [3.63, 3.8) is 0 Å². The lowest BCUT2D eigenvalue weighted by Crippen LogP contribution is -2.30. The number of para-hydroxylation sites is 2. The number of ketones is 1. The number of hydrogen-bond donors (Lipinski definition) is 0. The molecule has 6 heteroatoms. The summed E-state index contributed by atoms with van der Waals surface area (Å²) in [6.07, 6.45) is 0. The van der Waals surface area contributed by atoms with Crippen LogP contribution in [-0.4, -0.2) is 27.9 Å². The molecule has 0 N–H and O–H groups in total. The van der Waals surface area contributed by atoms with Gasteiger partial charge in [-0.1, -0.05) is 30.3 Å². The highest BCUT2D eigenvalue weighted by atomic mass is 16.5. The van der Waals surface area contributed by atoms with Gasteiger partial charge in [-0.15, -0.1) is 0 Å². The van der Waals surface area contributed by atoms with Gasteiger partial charge in [-0.05, 0) is 31.2 Å². The zero-order chi connectivity index (χ0) is 17.1. The van der Waals surface area contributed by atoms with E-state index in [4.69, 9.17) is 4.74 Å². The zero-order valence-electron chi connectivity index (χ0n) is 12.9. The number of Topliss-reactive ketones (excluding diaryl/α,β-unsaturated/α-hetero) is 1. The van der Waals surface area contributed by atoms with Gasteiger partial charge in [0.25, 0.3) is 5.56 Å². The molecule has 24 heavy (non-hydrogen) atoms. The van der Waals surface area contributed by atoms with Gasteiger partial charge in [0.15, 0.2) is 5.82 Å². The van der Waals surface area contributed by atoms with Gasteiger partial charge in [0, 0.05) is 0 Å². The van der Waals surface area contributed by atoms with Gasteiger partial charge < -0.3 is 4.74 Å². The van der Waals surface area contributed by atoms with Crippen molar-refractivity contribution in [3.05, 3.63) is 70.8 Å². The van der Waals surface area contributed by atoms with Gasteiger partial charge in [-0.3, -0.25) is 14.2 Å². The van der Waals surface area contributed by atoms with Crippen LogP contribution < -0.4 is 5.56 Å². The SMILES string of the molecule is CCOC(=O)C(=O)c1nc2ccccc2c(=O)n1-c1ccccc1. The molecular weight excluding hydrogens is 308 g/mol. The molecule has 3 rings (SSSR count). The summed E-state index contributed by atoms with van der Waals surface area (Å²) in [7, 11) is 0. The lowest BCUT2D eigenvalue weighted by molar-refractivity contribution is -0.137. The fourth-order valence-corrected chi connectivity index (χ4v) is 2.39. The average Bonchev–Trinajstić information content (AvgIpc) is 2.62. The minimum atomic E-state index is -1.04. The smallest absolute Gasteiger partial charge is 0.383 e. The summed E-state index contributed by atoms with van der Waals surface area (Å²) in [6.45, 7) is 1.66. The Morgan fingerprint density at radius 1 is 1.04 bits per heavy atom. The Kier molecular flexibility index (Phi) is 4.20. The van der Waals surface area contributed by atoms with Gasteiger partial charge in [0.1, 0.15) is 0 Å². The van der Waals surface area contributed by atoms with E-state index in [0.29, 0.717) is 16.6 Å². The minimum Gasteiger partial charge on any atom is -0.460 e. The van der Waals surface area contributed by atoms with E-state index in [2.05, 4.69) is 4.98 Å². The maximum atomic E-state index is 12.9. The number of hydrogen-bond acceptors (Lipinski definition) is 5. The number of esters is 1. The van der Waals surface area contributed by atoms with Crippen LogP contribution >= 0.6 is 0 Å². The van der Waals surface area contributed by atoms with Gasteiger partial charge in [0.2, 0.25) is 0 Å². The number of nitrogens with zero attached hydrogens (tertiary/aromatic N) is 2. The fraction of sp³-hybridized carbons (Fsp3) is 0.111. The van der Waals surface area contributed by atoms with Crippen LogP contribution in [-0.2, 0) is 9.53 Å². The van der Waals surface area contributed by atoms with Crippen LogP contribution in [0.3, 0.4) is 0 Å². The van der Waals surface area contributed by atoms with Gasteiger partial charge in [-0.25, -0.2) is 9.78 Å². The Morgan fingerprint density at radius 3 is 2.42 bits per heavy atom. The normalized spacial score (nSPS) is 10.5. The number of carbonyl (C=O) groups is 2. The first-order valence-electron chi connectivity index (χ1n) is 7.42. The molecular formula is C18H14N2O4. The molecule has 0 unspecified atom stereocenters. The topological polar surface area (TPSA) is 78.3 Å². The summed E-state index contributed by atoms with van der Waals surface area (Å²) in [5, 5.41) is 0.363. The van der Waals surface area contributed by atoms with Crippen molar-refractivity contribution in [2.24, 2.45) is 0 Å². The molecule has 0 radical (unpaired) electrons. The standard InChI is InChI=1S/C18H14N2O4/c1-2-24-18(23)15(21)16-19-14-11-7-6-10-13(14)17(22)20(16)12-8-4-3-5-9-12/h3-11H,2H2,1H3. The van der Waals surface area contributed by atoms with Crippen LogP contribution in [0.2, 0.25) is 0 Å². The number of benzene rings is 2. The third-order valence-electron chi connectivity index (χ3n) is 3.45. The summed E-state index contributed by atoms with van der Waals surface area (Å²) in [5.74, 6) is -2.25. The first kappa shape index (κ1) is 15.6. The first-order chi connectivity index (χ1) is 11.6. The molecule has 1 aromatic heterocycles. The Balaban J connectivity index is 2.32. The average molecular weight is 322 g/mol. The van der Waals surface area contributed by atoms with Crippen molar-refractivity contribution >= 4 is 22.7 Å². The van der Waals surface area contributed by atoms with Crippen LogP contribution in [0.25, 0.3) is 16.6 Å². The molecule has 1 heterocycles. The summed E-state index contributed by atoms with van der Waals surface area (Å²) in [4.78, 5) is 41.4. The second kappa shape index (κ2) is 6.45. The van der Waals surface area contributed by atoms with E-state index in [1.165, 1.54) is 0 Å². The lowest BCUT2D eigenvalue weighted by atomic mass is 10.2. The molecule has 0 aliphatic carbocycles. The monoisotopic (exact) mass is 322 g/mol. The summed E-state index contributed by atoms with van der Waals surface area (Å²) in [5.41, 5.74) is 0.384. The van der Waals surface area contributed by atoms with Crippen molar-refractivity contribution in [2.75, 3.05) is 6.61 Å². The van der Waals surface area contributed by atoms with Crippen LogP contribution in [0, 0.1) is 0 Å². The number of carbonyl (C=O) groups excluding carboxylic acids is 2. The predicted molar refractivity (Wildman–Crippen MR) is 88.3 cm³/mol. The van der Waals surface area contributed by atoms with Crippen molar-refractivity contribution in [3.8, 4) is 5.69 Å². The second-order valence-electron chi connectivity index (χ2n) is 4.98. The van der Waals surface area contributed by atoms with E-state index in [1.54, 1.807) is 61.5 Å². The number of ether oxygens (including phenoxy) is 1. The van der Waals surface area contributed by atoms with Crippen molar-refractivity contribution in [1.29, 1.82) is 0 Å². The zero-order valence-corrected chi connectivity index (χ0v) is 12.9. The quantitative estimate of drug-likeness (QED) is 0.418. The largest absolute Gasteiger partial charge is 0.460 e. The third kappa shape index (κ3) is 2.69. The van der Waals surface area contributed by atoms with E-state index in [0.717, 1.165) is 4.57 Å². The molecule has 0 aliphatic heterocycles. The van der Waals surface area contributed by atoms with Crippen molar-refractivity contribution in [1.82, 2.24) is 9.55 Å². The summed E-state index contributed by atoms with van der Waals surface area (Å²) >= 11 is 0. The Labute approximate surface area is 137 Å². The highest BCUT2D eigenvalue weighted by Gasteiger charge is 2.25. The number of aromatic nitrogens is 2. The molecule has 0 saturated heterocycles. The fourth-order valence-electron chi connectivity index (χ4n) is 2.39. The summed E-state index contributed by atoms with van der Waals surface area (Å²) < 4.78 is 5.90. The van der Waals surface area contributed by atoms with Gasteiger partial charge in [0.05, 0.1) is 23.2 Å². The van der Waals surface area contributed by atoms with Gasteiger partial charge >= 0.3 is 11.8 Å². The summed E-state index contributed by atoms with van der Waals surface area (Å²) in [6, 6.07) is 15.3. The maximum absolute atomic E-state index is 12.9. The van der Waals surface area contributed by atoms with Crippen molar-refractivity contribution < 1.29 is 14.3 Å². The Morgan fingerprint density at radius 2 is 1.71 bits per heavy atom. The van der Waals surface area contributed by atoms with Gasteiger partial charge in [-0.2, -0.15) is 0 Å². The highest BCUT2D eigenvalue weighted by Crippen LogP contribution is 2.13. The predicted octanol–water partition coefficient (Wildman–Crippen LogP) is 2.13. The highest BCUT2D eigenvalue weighted by molar-refractivity contribution is 6.39. The Bertz CT molecular complexity index is 977. The Hall–Kier alpha value is -3.28. The van der Waals surface area contributed by atoms with E-state index >= 15 is 0 Å². The van der Waals surface area contributed by atoms with E-state index in [1.807, 2.05) is 0 Å². The lowest BCUT2D eigenvalue weighted by Gasteiger charge is -2.12. The molecule has 0 aliphatic rings. The molecule has 0 fully saturated rings. The maximum Gasteiger partial charge on any atom is 0.383 e. The molecule has 3 aromatic rings. The van der Waals surface area contributed by atoms with Crippen molar-refractivity contribution in [2.45, 2.75) is 6.92 Å². The molecule has 0 saturated carbocycles. The second-order valence-corrected chi connectivity index (χ2v) is 4.98. The van der Waals surface area contributed by atoms with E-state index in [-0.39, 0.29) is 12.4 Å². The molecule has 2 aromatic carbocycles. The van der Waals surface area contributed by atoms with E-state index < -0.39 is 17.3 Å². The number of fused-ring (bicyclic) bond motifs is 1. The van der Waals surface area contributed by atoms with Crippen LogP contribution in [0.15, 0.2) is 59.4 Å². The molecule has 0 amide bonds. The molecule has 0 atom stereocenters.